The van der Waals surface area contributed by atoms with Crippen LogP contribution in [0.1, 0.15) is 18.5 Å². The average molecular weight is 364 g/mol. The van der Waals surface area contributed by atoms with E-state index >= 15 is 0 Å². The van der Waals surface area contributed by atoms with Crippen molar-refractivity contribution >= 4 is 39.7 Å². The predicted octanol–water partition coefficient (Wildman–Crippen LogP) is 2.50. The first kappa shape index (κ1) is 17.0. The van der Waals surface area contributed by atoms with Crippen LogP contribution in [0, 0.1) is 15.9 Å². The lowest BCUT2D eigenvalue weighted by molar-refractivity contribution is -0.384. The molecule has 1 aliphatic rings. The standard InChI is InChI=1S/C15H13FN4O4S/c16-11-4-3-10(20(23)24)7-12(11)18-13(21)6-9-8-25-15(17-9)19-5-1-2-14(19)22/h3-4,7-8H,1-2,5-6H2,(H,18,21). The minimum atomic E-state index is -0.763. The van der Waals surface area contributed by atoms with Crippen molar-refractivity contribution in [2.75, 3.05) is 16.8 Å². The van der Waals surface area contributed by atoms with Crippen molar-refractivity contribution < 1.29 is 18.9 Å². The summed E-state index contributed by atoms with van der Waals surface area (Å²) in [6, 6.07) is 2.90. The Balaban J connectivity index is 1.67. The summed E-state index contributed by atoms with van der Waals surface area (Å²) in [5.74, 6) is -1.31. The highest BCUT2D eigenvalue weighted by Crippen LogP contribution is 2.26. The van der Waals surface area contributed by atoms with Gasteiger partial charge in [0.15, 0.2) is 5.13 Å². The minimum Gasteiger partial charge on any atom is -0.323 e. The van der Waals surface area contributed by atoms with Gasteiger partial charge in [-0.15, -0.1) is 11.3 Å². The van der Waals surface area contributed by atoms with E-state index in [1.54, 1.807) is 10.3 Å². The average Bonchev–Trinajstić information content (AvgIpc) is 3.17. The molecule has 2 aromatic rings. The Kier molecular flexibility index (Phi) is 4.70. The zero-order chi connectivity index (χ0) is 18.0. The fourth-order valence-electron chi connectivity index (χ4n) is 2.43. The maximum absolute atomic E-state index is 13.7. The van der Waals surface area contributed by atoms with Gasteiger partial charge in [-0.1, -0.05) is 0 Å². The van der Waals surface area contributed by atoms with Crippen molar-refractivity contribution in [2.45, 2.75) is 19.3 Å². The summed E-state index contributed by atoms with van der Waals surface area (Å²) < 4.78 is 13.7. The Morgan fingerprint density at radius 1 is 1.48 bits per heavy atom. The fourth-order valence-corrected chi connectivity index (χ4v) is 3.30. The largest absolute Gasteiger partial charge is 0.323 e. The van der Waals surface area contributed by atoms with E-state index < -0.39 is 16.6 Å². The molecule has 3 rings (SSSR count). The zero-order valence-electron chi connectivity index (χ0n) is 12.9. The van der Waals surface area contributed by atoms with Crippen molar-refractivity contribution in [3.63, 3.8) is 0 Å². The number of hydrogen-bond donors (Lipinski definition) is 1. The van der Waals surface area contributed by atoms with Gasteiger partial charge in [-0.3, -0.25) is 24.6 Å². The van der Waals surface area contributed by atoms with Gasteiger partial charge in [0.1, 0.15) is 5.82 Å². The molecule has 1 fully saturated rings. The Labute approximate surface area is 145 Å². The maximum atomic E-state index is 13.7. The normalized spacial score (nSPS) is 14.0. The SMILES string of the molecule is O=C(Cc1csc(N2CCCC2=O)n1)Nc1cc([N+](=O)[O-])ccc1F. The fraction of sp³-hybridized carbons (Fsp3) is 0.267. The number of aromatic nitrogens is 1. The monoisotopic (exact) mass is 364 g/mol. The number of amides is 2. The first-order valence-electron chi connectivity index (χ1n) is 7.42. The number of nitrogens with one attached hydrogen (secondary N) is 1. The number of thiazole rings is 1. The molecule has 1 aromatic carbocycles. The van der Waals surface area contributed by atoms with E-state index in [0.29, 0.717) is 23.8 Å². The smallest absolute Gasteiger partial charge is 0.271 e. The third-order valence-corrected chi connectivity index (χ3v) is 4.53. The molecule has 25 heavy (non-hydrogen) atoms. The second kappa shape index (κ2) is 6.93. The predicted molar refractivity (Wildman–Crippen MR) is 89.1 cm³/mol. The van der Waals surface area contributed by atoms with Gasteiger partial charge in [0.05, 0.1) is 22.7 Å². The van der Waals surface area contributed by atoms with Crippen molar-refractivity contribution in [3.05, 3.63) is 45.2 Å². The Hall–Kier alpha value is -2.88. The Morgan fingerprint density at radius 3 is 2.96 bits per heavy atom. The first-order chi connectivity index (χ1) is 11.9. The third-order valence-electron chi connectivity index (χ3n) is 3.62. The topological polar surface area (TPSA) is 105 Å². The van der Waals surface area contributed by atoms with E-state index in [1.165, 1.54) is 11.3 Å². The molecule has 2 heterocycles. The molecule has 0 aliphatic carbocycles. The van der Waals surface area contributed by atoms with Gasteiger partial charge in [0.25, 0.3) is 5.69 Å². The zero-order valence-corrected chi connectivity index (χ0v) is 13.7. The van der Waals surface area contributed by atoms with Crippen molar-refractivity contribution in [1.82, 2.24) is 4.98 Å². The molecule has 2 amide bonds. The van der Waals surface area contributed by atoms with Gasteiger partial charge in [-0.2, -0.15) is 0 Å². The van der Waals surface area contributed by atoms with Crippen LogP contribution in [0.3, 0.4) is 0 Å². The lowest BCUT2D eigenvalue weighted by Crippen LogP contribution is -2.23. The van der Waals surface area contributed by atoms with Crippen LogP contribution in [0.15, 0.2) is 23.6 Å². The van der Waals surface area contributed by atoms with Crippen LogP contribution in [0.2, 0.25) is 0 Å². The van der Waals surface area contributed by atoms with Gasteiger partial charge in [0.2, 0.25) is 11.8 Å². The molecule has 8 nitrogen and oxygen atoms in total. The van der Waals surface area contributed by atoms with Crippen LogP contribution in [-0.2, 0) is 16.0 Å². The summed E-state index contributed by atoms with van der Waals surface area (Å²) in [7, 11) is 0. The Bertz CT molecular complexity index is 854. The summed E-state index contributed by atoms with van der Waals surface area (Å²) >= 11 is 1.26. The number of non-ortho nitro benzene ring substituents is 1. The number of nitro benzene ring substituents is 1. The quantitative estimate of drug-likeness (QED) is 0.648. The van der Waals surface area contributed by atoms with Crippen LogP contribution >= 0.6 is 11.3 Å². The van der Waals surface area contributed by atoms with Crippen molar-refractivity contribution in [2.24, 2.45) is 0 Å². The van der Waals surface area contributed by atoms with Crippen LogP contribution in [0.5, 0.6) is 0 Å². The molecular formula is C15H13FN4O4S. The molecular weight excluding hydrogens is 351 g/mol. The number of benzene rings is 1. The Morgan fingerprint density at radius 2 is 2.28 bits per heavy atom. The molecule has 1 aliphatic heterocycles. The number of hydrogen-bond acceptors (Lipinski definition) is 6. The van der Waals surface area contributed by atoms with E-state index in [-0.39, 0.29) is 23.7 Å². The number of carbonyl (C=O) groups excluding carboxylic acids is 2. The highest BCUT2D eigenvalue weighted by molar-refractivity contribution is 7.14. The minimum absolute atomic E-state index is 0.00372. The number of rotatable bonds is 5. The van der Waals surface area contributed by atoms with E-state index in [1.807, 2.05) is 0 Å². The van der Waals surface area contributed by atoms with Gasteiger partial charge < -0.3 is 5.32 Å². The lowest BCUT2D eigenvalue weighted by atomic mass is 10.2. The van der Waals surface area contributed by atoms with Gasteiger partial charge in [-0.05, 0) is 12.5 Å². The number of nitrogens with zero attached hydrogens (tertiary/aromatic N) is 3. The van der Waals surface area contributed by atoms with Crippen LogP contribution in [0.25, 0.3) is 0 Å². The van der Waals surface area contributed by atoms with E-state index in [2.05, 4.69) is 10.3 Å². The van der Waals surface area contributed by atoms with E-state index in [4.69, 9.17) is 0 Å². The van der Waals surface area contributed by atoms with Crippen molar-refractivity contribution in [1.29, 1.82) is 0 Å². The molecule has 0 bridgehead atoms. The first-order valence-corrected chi connectivity index (χ1v) is 8.30. The summed E-state index contributed by atoms with van der Waals surface area (Å²) in [5.41, 5.74) is -0.132. The summed E-state index contributed by atoms with van der Waals surface area (Å²) in [6.07, 6.45) is 1.14. The van der Waals surface area contributed by atoms with Crippen LogP contribution < -0.4 is 10.2 Å². The molecule has 0 radical (unpaired) electrons. The number of anilines is 2. The molecule has 130 valence electrons. The molecule has 0 saturated carbocycles. The van der Waals surface area contributed by atoms with Crippen LogP contribution in [0.4, 0.5) is 20.9 Å². The molecule has 0 spiro atoms. The number of nitro groups is 1. The second-order valence-corrected chi connectivity index (χ2v) is 6.25. The molecule has 0 unspecified atom stereocenters. The molecule has 1 aromatic heterocycles. The highest BCUT2D eigenvalue weighted by Gasteiger charge is 2.24. The van der Waals surface area contributed by atoms with Crippen LogP contribution in [-0.4, -0.2) is 28.3 Å². The number of carbonyl (C=O) groups is 2. The van der Waals surface area contributed by atoms with Gasteiger partial charge in [0, 0.05) is 30.5 Å². The summed E-state index contributed by atoms with van der Waals surface area (Å²) in [6.45, 7) is 0.608. The molecule has 0 atom stereocenters. The second-order valence-electron chi connectivity index (χ2n) is 5.42. The van der Waals surface area contributed by atoms with Crippen molar-refractivity contribution in [3.8, 4) is 0 Å². The molecule has 10 heteroatoms. The third kappa shape index (κ3) is 3.79. The van der Waals surface area contributed by atoms with Gasteiger partial charge >= 0.3 is 0 Å². The molecule has 1 saturated heterocycles. The van der Waals surface area contributed by atoms with E-state index in [0.717, 1.165) is 24.6 Å². The summed E-state index contributed by atoms with van der Waals surface area (Å²) in [5, 5.41) is 15.2. The molecule has 1 N–H and O–H groups in total. The van der Waals surface area contributed by atoms with Gasteiger partial charge in [-0.25, -0.2) is 9.37 Å². The highest BCUT2D eigenvalue weighted by atomic mass is 32.1. The number of halogens is 1. The maximum Gasteiger partial charge on any atom is 0.271 e. The lowest BCUT2D eigenvalue weighted by Gasteiger charge is -2.10. The van der Waals surface area contributed by atoms with E-state index in [9.17, 15) is 24.1 Å². The summed E-state index contributed by atoms with van der Waals surface area (Å²) in [4.78, 5) is 39.6.